The summed E-state index contributed by atoms with van der Waals surface area (Å²) in [6.45, 7) is 8.42. The minimum Gasteiger partial charge on any atom is -0.376 e. The zero-order valence-corrected chi connectivity index (χ0v) is 12.8. The first-order chi connectivity index (χ1) is 9.70. The van der Waals surface area contributed by atoms with Crippen molar-refractivity contribution in [3.8, 4) is 0 Å². The number of ether oxygens (including phenoxy) is 1. The number of nitrogens with zero attached hydrogens (tertiary/aromatic N) is 2. The fourth-order valence-electron chi connectivity index (χ4n) is 2.59. The van der Waals surface area contributed by atoms with Gasteiger partial charge in [0.2, 0.25) is 0 Å². The third kappa shape index (κ3) is 4.07. The molecule has 0 atom stereocenters. The van der Waals surface area contributed by atoms with Crippen molar-refractivity contribution in [2.75, 3.05) is 30.3 Å². The van der Waals surface area contributed by atoms with Crippen molar-refractivity contribution < 1.29 is 4.74 Å². The Hall–Kier alpha value is -1.36. The van der Waals surface area contributed by atoms with Crippen LogP contribution in [0.15, 0.2) is 0 Å². The quantitative estimate of drug-likeness (QED) is 0.751. The van der Waals surface area contributed by atoms with E-state index in [-0.39, 0.29) is 0 Å². The van der Waals surface area contributed by atoms with Crippen LogP contribution in [-0.4, -0.2) is 35.8 Å². The second-order valence-electron chi connectivity index (χ2n) is 5.33. The van der Waals surface area contributed by atoms with Gasteiger partial charge in [0.05, 0.1) is 12.7 Å². The van der Waals surface area contributed by atoms with Gasteiger partial charge in [-0.1, -0.05) is 12.8 Å². The topological polar surface area (TPSA) is 59.1 Å². The average molecular weight is 278 g/mol. The maximum Gasteiger partial charge on any atom is 0.134 e. The summed E-state index contributed by atoms with van der Waals surface area (Å²) in [5, 5.41) is 6.63. The molecular formula is C15H26N4O. The molecule has 1 aromatic heterocycles. The number of aromatic nitrogens is 2. The van der Waals surface area contributed by atoms with Crippen LogP contribution in [0.5, 0.6) is 0 Å². The van der Waals surface area contributed by atoms with Crippen molar-refractivity contribution in [2.24, 2.45) is 0 Å². The molecule has 0 spiro atoms. The smallest absolute Gasteiger partial charge is 0.134 e. The van der Waals surface area contributed by atoms with E-state index in [1.807, 2.05) is 13.8 Å². The van der Waals surface area contributed by atoms with Gasteiger partial charge in [-0.25, -0.2) is 9.97 Å². The molecule has 1 saturated carbocycles. The molecule has 5 nitrogen and oxygen atoms in total. The lowest BCUT2D eigenvalue weighted by atomic mass is 10.3. The maximum atomic E-state index is 5.85. The Morgan fingerprint density at radius 1 is 1.10 bits per heavy atom. The van der Waals surface area contributed by atoms with E-state index < -0.39 is 0 Å². The molecule has 0 aromatic carbocycles. The predicted molar refractivity (Wildman–Crippen MR) is 82.4 cm³/mol. The maximum absolute atomic E-state index is 5.85. The second kappa shape index (κ2) is 7.43. The fourth-order valence-corrected chi connectivity index (χ4v) is 2.59. The van der Waals surface area contributed by atoms with Gasteiger partial charge in [-0.3, -0.25) is 0 Å². The molecule has 5 heteroatoms. The molecule has 0 bridgehead atoms. The van der Waals surface area contributed by atoms with Crippen LogP contribution in [0.1, 0.15) is 44.0 Å². The van der Waals surface area contributed by atoms with Crippen LogP contribution in [0.2, 0.25) is 0 Å². The van der Waals surface area contributed by atoms with Crippen molar-refractivity contribution in [3.63, 3.8) is 0 Å². The molecule has 1 heterocycles. The Kier molecular flexibility index (Phi) is 5.59. The molecule has 2 rings (SSSR count). The SMILES string of the molecule is CCNc1nc(C)nc(NCCOC2CCCC2)c1C. The summed E-state index contributed by atoms with van der Waals surface area (Å²) in [6, 6.07) is 0. The van der Waals surface area contributed by atoms with E-state index in [9.17, 15) is 0 Å². The highest BCUT2D eigenvalue weighted by Gasteiger charge is 2.15. The molecule has 0 saturated heterocycles. The lowest BCUT2D eigenvalue weighted by Crippen LogP contribution is -2.17. The van der Waals surface area contributed by atoms with Gasteiger partial charge in [0.25, 0.3) is 0 Å². The van der Waals surface area contributed by atoms with Crippen molar-refractivity contribution >= 4 is 11.6 Å². The molecule has 1 aliphatic carbocycles. The zero-order valence-electron chi connectivity index (χ0n) is 12.8. The molecule has 0 aliphatic heterocycles. The van der Waals surface area contributed by atoms with Crippen LogP contribution in [-0.2, 0) is 4.74 Å². The van der Waals surface area contributed by atoms with Gasteiger partial charge >= 0.3 is 0 Å². The third-order valence-corrected chi connectivity index (χ3v) is 3.65. The predicted octanol–water partition coefficient (Wildman–Crippen LogP) is 2.90. The lowest BCUT2D eigenvalue weighted by molar-refractivity contribution is 0.0658. The van der Waals surface area contributed by atoms with E-state index in [0.29, 0.717) is 6.10 Å². The Morgan fingerprint density at radius 3 is 2.40 bits per heavy atom. The summed E-state index contributed by atoms with van der Waals surface area (Å²) in [6.07, 6.45) is 5.54. The summed E-state index contributed by atoms with van der Waals surface area (Å²) in [4.78, 5) is 8.89. The van der Waals surface area contributed by atoms with Crippen molar-refractivity contribution in [1.82, 2.24) is 9.97 Å². The summed E-state index contributed by atoms with van der Waals surface area (Å²) < 4.78 is 5.85. The molecule has 0 unspecified atom stereocenters. The molecule has 20 heavy (non-hydrogen) atoms. The fraction of sp³-hybridized carbons (Fsp3) is 0.733. The first-order valence-corrected chi connectivity index (χ1v) is 7.65. The Labute approximate surface area is 121 Å². The highest BCUT2D eigenvalue weighted by molar-refractivity contribution is 5.57. The number of hydrogen-bond acceptors (Lipinski definition) is 5. The van der Waals surface area contributed by atoms with Crippen LogP contribution < -0.4 is 10.6 Å². The van der Waals surface area contributed by atoms with Gasteiger partial charge in [0.1, 0.15) is 17.5 Å². The molecule has 2 N–H and O–H groups in total. The van der Waals surface area contributed by atoms with Crippen LogP contribution in [0.4, 0.5) is 11.6 Å². The molecule has 0 amide bonds. The standard InChI is InChI=1S/C15H26N4O/c1-4-16-14-11(2)15(19-12(3)18-14)17-9-10-20-13-7-5-6-8-13/h13H,4-10H2,1-3H3,(H2,16,17,18,19). The normalized spacial score (nSPS) is 15.6. The first-order valence-electron chi connectivity index (χ1n) is 7.65. The minimum atomic E-state index is 0.474. The summed E-state index contributed by atoms with van der Waals surface area (Å²) >= 11 is 0. The molecule has 112 valence electrons. The van der Waals surface area contributed by atoms with Crippen LogP contribution in [0, 0.1) is 13.8 Å². The van der Waals surface area contributed by atoms with Gasteiger partial charge in [-0.05, 0) is 33.6 Å². The molecular weight excluding hydrogens is 252 g/mol. The van der Waals surface area contributed by atoms with Gasteiger partial charge in [-0.15, -0.1) is 0 Å². The Bertz CT molecular complexity index is 430. The van der Waals surface area contributed by atoms with Crippen LogP contribution in [0.25, 0.3) is 0 Å². The van der Waals surface area contributed by atoms with E-state index >= 15 is 0 Å². The lowest BCUT2D eigenvalue weighted by Gasteiger charge is -2.15. The Morgan fingerprint density at radius 2 is 1.75 bits per heavy atom. The number of nitrogens with one attached hydrogen (secondary N) is 2. The third-order valence-electron chi connectivity index (χ3n) is 3.65. The Balaban J connectivity index is 1.84. The first kappa shape index (κ1) is 15.0. The van der Waals surface area contributed by atoms with Crippen molar-refractivity contribution in [2.45, 2.75) is 52.6 Å². The van der Waals surface area contributed by atoms with E-state index in [2.05, 4.69) is 27.5 Å². The second-order valence-corrected chi connectivity index (χ2v) is 5.33. The largest absolute Gasteiger partial charge is 0.376 e. The van der Waals surface area contributed by atoms with E-state index in [4.69, 9.17) is 4.74 Å². The van der Waals surface area contributed by atoms with Crippen molar-refractivity contribution in [1.29, 1.82) is 0 Å². The van der Waals surface area contributed by atoms with Gasteiger partial charge in [-0.2, -0.15) is 0 Å². The molecule has 1 aliphatic rings. The molecule has 0 radical (unpaired) electrons. The number of rotatable bonds is 7. The summed E-state index contributed by atoms with van der Waals surface area (Å²) in [5.74, 6) is 2.61. The van der Waals surface area contributed by atoms with E-state index in [0.717, 1.165) is 42.7 Å². The van der Waals surface area contributed by atoms with Gasteiger partial charge < -0.3 is 15.4 Å². The van der Waals surface area contributed by atoms with E-state index in [1.165, 1.54) is 25.7 Å². The van der Waals surface area contributed by atoms with Gasteiger partial charge in [0, 0.05) is 18.7 Å². The number of hydrogen-bond donors (Lipinski definition) is 2. The van der Waals surface area contributed by atoms with Crippen LogP contribution in [0.3, 0.4) is 0 Å². The minimum absolute atomic E-state index is 0.474. The highest BCUT2D eigenvalue weighted by Crippen LogP contribution is 2.21. The van der Waals surface area contributed by atoms with Crippen LogP contribution >= 0.6 is 0 Å². The van der Waals surface area contributed by atoms with Gasteiger partial charge in [0.15, 0.2) is 0 Å². The number of aryl methyl sites for hydroxylation is 1. The summed E-state index contributed by atoms with van der Waals surface area (Å²) in [7, 11) is 0. The zero-order chi connectivity index (χ0) is 14.4. The van der Waals surface area contributed by atoms with Crippen molar-refractivity contribution in [3.05, 3.63) is 11.4 Å². The van der Waals surface area contributed by atoms with E-state index in [1.54, 1.807) is 0 Å². The monoisotopic (exact) mass is 278 g/mol. The average Bonchev–Trinajstić information content (AvgIpc) is 2.93. The number of anilines is 2. The summed E-state index contributed by atoms with van der Waals surface area (Å²) in [5.41, 5.74) is 1.07. The highest BCUT2D eigenvalue weighted by atomic mass is 16.5. The molecule has 1 fully saturated rings. The molecule has 1 aromatic rings.